The van der Waals surface area contributed by atoms with Gasteiger partial charge in [-0.1, -0.05) is 48.9 Å². The van der Waals surface area contributed by atoms with Crippen molar-refractivity contribution in [2.75, 3.05) is 0 Å². The summed E-state index contributed by atoms with van der Waals surface area (Å²) < 4.78 is 0. The molecule has 1 nitrogen and oxygen atoms in total. The zero-order chi connectivity index (χ0) is 14.0. The van der Waals surface area contributed by atoms with Gasteiger partial charge in [-0.3, -0.25) is 4.79 Å². The molecule has 19 heavy (non-hydrogen) atoms. The molecule has 0 fully saturated rings. The molecule has 0 bridgehead atoms. The summed E-state index contributed by atoms with van der Waals surface area (Å²) in [4.78, 5) is 12.6. The fraction of sp³-hybridized carbons (Fsp3) is 0.278. The van der Waals surface area contributed by atoms with Crippen molar-refractivity contribution in [1.82, 2.24) is 0 Å². The number of aryl methyl sites for hydroxylation is 4. The molecule has 98 valence electrons. The summed E-state index contributed by atoms with van der Waals surface area (Å²) >= 11 is 0. The van der Waals surface area contributed by atoms with Gasteiger partial charge in [0.2, 0.25) is 0 Å². The van der Waals surface area contributed by atoms with E-state index in [0.29, 0.717) is 0 Å². The van der Waals surface area contributed by atoms with Crippen LogP contribution in [0.3, 0.4) is 0 Å². The van der Waals surface area contributed by atoms with Crippen LogP contribution in [0.15, 0.2) is 36.4 Å². The van der Waals surface area contributed by atoms with Gasteiger partial charge in [0.25, 0.3) is 0 Å². The van der Waals surface area contributed by atoms with Crippen LogP contribution >= 0.6 is 0 Å². The van der Waals surface area contributed by atoms with Gasteiger partial charge in [-0.2, -0.15) is 0 Å². The Hall–Kier alpha value is -1.89. The lowest BCUT2D eigenvalue weighted by atomic mass is 9.93. The molecule has 0 aliphatic carbocycles. The molecule has 0 radical (unpaired) electrons. The minimum Gasteiger partial charge on any atom is -0.289 e. The van der Waals surface area contributed by atoms with Crippen LogP contribution in [-0.4, -0.2) is 5.78 Å². The van der Waals surface area contributed by atoms with Crippen molar-refractivity contribution in [3.63, 3.8) is 0 Å². The first-order chi connectivity index (χ1) is 9.02. The van der Waals surface area contributed by atoms with Crippen molar-refractivity contribution in [2.24, 2.45) is 0 Å². The Kier molecular flexibility index (Phi) is 3.84. The molecule has 0 aliphatic heterocycles. The Morgan fingerprint density at radius 1 is 0.947 bits per heavy atom. The predicted molar refractivity (Wildman–Crippen MR) is 79.9 cm³/mol. The van der Waals surface area contributed by atoms with Crippen molar-refractivity contribution in [3.05, 3.63) is 69.8 Å². The van der Waals surface area contributed by atoms with E-state index in [1.165, 1.54) is 11.1 Å². The van der Waals surface area contributed by atoms with Crippen molar-refractivity contribution in [3.8, 4) is 0 Å². The summed E-state index contributed by atoms with van der Waals surface area (Å²) in [6.45, 7) is 8.19. The third kappa shape index (κ3) is 2.76. The van der Waals surface area contributed by atoms with Gasteiger partial charge in [0.05, 0.1) is 0 Å². The minimum absolute atomic E-state index is 0.123. The van der Waals surface area contributed by atoms with Crippen LogP contribution in [0.2, 0.25) is 0 Å². The normalized spacial score (nSPS) is 10.5. The van der Waals surface area contributed by atoms with E-state index in [0.717, 1.165) is 28.7 Å². The lowest BCUT2D eigenvalue weighted by Gasteiger charge is -2.10. The Balaban J connectivity index is 2.44. The first-order valence-corrected chi connectivity index (χ1v) is 6.74. The van der Waals surface area contributed by atoms with Gasteiger partial charge in [-0.05, 0) is 43.9 Å². The summed E-state index contributed by atoms with van der Waals surface area (Å²) in [6, 6.07) is 12.1. The highest BCUT2D eigenvalue weighted by molar-refractivity contribution is 6.10. The second kappa shape index (κ2) is 5.40. The lowest BCUT2D eigenvalue weighted by Crippen LogP contribution is -2.06. The first kappa shape index (κ1) is 13.5. The molecule has 0 heterocycles. The molecule has 2 rings (SSSR count). The maximum Gasteiger partial charge on any atom is 0.193 e. The highest BCUT2D eigenvalue weighted by atomic mass is 16.1. The average molecular weight is 252 g/mol. The van der Waals surface area contributed by atoms with E-state index in [9.17, 15) is 4.79 Å². The fourth-order valence-electron chi connectivity index (χ4n) is 2.57. The van der Waals surface area contributed by atoms with Gasteiger partial charge < -0.3 is 0 Å². The molecule has 0 amide bonds. The molecule has 2 aromatic rings. The number of benzene rings is 2. The van der Waals surface area contributed by atoms with E-state index in [2.05, 4.69) is 26.0 Å². The molecule has 0 N–H and O–H groups in total. The third-order valence-corrected chi connectivity index (χ3v) is 3.53. The number of rotatable bonds is 3. The van der Waals surface area contributed by atoms with E-state index >= 15 is 0 Å². The van der Waals surface area contributed by atoms with E-state index in [1.807, 2.05) is 38.1 Å². The van der Waals surface area contributed by atoms with Crippen molar-refractivity contribution in [1.29, 1.82) is 0 Å². The van der Waals surface area contributed by atoms with Gasteiger partial charge in [0.1, 0.15) is 0 Å². The van der Waals surface area contributed by atoms with Crippen LogP contribution in [-0.2, 0) is 6.42 Å². The van der Waals surface area contributed by atoms with Crippen LogP contribution in [0.1, 0.15) is 45.1 Å². The monoisotopic (exact) mass is 252 g/mol. The SMILES string of the molecule is CCc1ccc(C(=O)c2c(C)cc(C)cc2C)cc1. The summed E-state index contributed by atoms with van der Waals surface area (Å²) in [7, 11) is 0. The molecule has 0 aromatic heterocycles. The third-order valence-electron chi connectivity index (χ3n) is 3.53. The van der Waals surface area contributed by atoms with Crippen LogP contribution in [0.4, 0.5) is 0 Å². The smallest absolute Gasteiger partial charge is 0.193 e. The molecule has 0 aliphatic rings. The van der Waals surface area contributed by atoms with E-state index in [4.69, 9.17) is 0 Å². The number of hydrogen-bond donors (Lipinski definition) is 0. The summed E-state index contributed by atoms with van der Waals surface area (Å²) in [5.74, 6) is 0.123. The number of hydrogen-bond acceptors (Lipinski definition) is 1. The quantitative estimate of drug-likeness (QED) is 0.740. The van der Waals surface area contributed by atoms with Crippen LogP contribution in [0, 0.1) is 20.8 Å². The molecule has 0 saturated carbocycles. The number of carbonyl (C=O) groups excluding carboxylic acids is 1. The Morgan fingerprint density at radius 3 is 1.95 bits per heavy atom. The average Bonchev–Trinajstić information content (AvgIpc) is 2.37. The lowest BCUT2D eigenvalue weighted by molar-refractivity contribution is 0.103. The predicted octanol–water partition coefficient (Wildman–Crippen LogP) is 4.41. The Morgan fingerprint density at radius 2 is 1.47 bits per heavy atom. The summed E-state index contributed by atoms with van der Waals surface area (Å²) in [5.41, 5.74) is 6.19. The van der Waals surface area contributed by atoms with Gasteiger partial charge in [-0.15, -0.1) is 0 Å². The number of carbonyl (C=O) groups is 1. The summed E-state index contributed by atoms with van der Waals surface area (Å²) in [5, 5.41) is 0. The minimum atomic E-state index is 0.123. The van der Waals surface area contributed by atoms with Crippen molar-refractivity contribution in [2.45, 2.75) is 34.1 Å². The van der Waals surface area contributed by atoms with Crippen molar-refractivity contribution >= 4 is 5.78 Å². The molecule has 0 unspecified atom stereocenters. The number of ketones is 1. The highest BCUT2D eigenvalue weighted by Crippen LogP contribution is 2.20. The van der Waals surface area contributed by atoms with E-state index < -0.39 is 0 Å². The highest BCUT2D eigenvalue weighted by Gasteiger charge is 2.14. The molecular formula is C18H20O. The van der Waals surface area contributed by atoms with Gasteiger partial charge in [0.15, 0.2) is 5.78 Å². The van der Waals surface area contributed by atoms with Gasteiger partial charge in [0, 0.05) is 11.1 Å². The second-order valence-corrected chi connectivity index (χ2v) is 5.15. The zero-order valence-electron chi connectivity index (χ0n) is 12.1. The standard InChI is InChI=1S/C18H20O/c1-5-15-6-8-16(9-7-15)18(19)17-13(3)10-12(2)11-14(17)4/h6-11H,5H2,1-4H3. The largest absolute Gasteiger partial charge is 0.289 e. The Bertz CT molecular complexity index is 583. The van der Waals surface area contributed by atoms with Crippen LogP contribution < -0.4 is 0 Å². The van der Waals surface area contributed by atoms with Crippen LogP contribution in [0.5, 0.6) is 0 Å². The Labute approximate surface area is 115 Å². The van der Waals surface area contributed by atoms with Gasteiger partial charge >= 0.3 is 0 Å². The van der Waals surface area contributed by atoms with E-state index in [-0.39, 0.29) is 5.78 Å². The molecule has 0 atom stereocenters. The first-order valence-electron chi connectivity index (χ1n) is 6.74. The summed E-state index contributed by atoms with van der Waals surface area (Å²) in [6.07, 6.45) is 0.997. The van der Waals surface area contributed by atoms with Gasteiger partial charge in [-0.25, -0.2) is 0 Å². The second-order valence-electron chi connectivity index (χ2n) is 5.15. The zero-order valence-corrected chi connectivity index (χ0v) is 12.1. The van der Waals surface area contributed by atoms with E-state index in [1.54, 1.807) is 0 Å². The topological polar surface area (TPSA) is 17.1 Å². The maximum absolute atomic E-state index is 12.6. The van der Waals surface area contributed by atoms with Crippen LogP contribution in [0.25, 0.3) is 0 Å². The van der Waals surface area contributed by atoms with Crippen molar-refractivity contribution < 1.29 is 4.79 Å². The fourth-order valence-corrected chi connectivity index (χ4v) is 2.57. The molecule has 2 aromatic carbocycles. The maximum atomic E-state index is 12.6. The molecule has 0 saturated heterocycles. The molecule has 0 spiro atoms. The molecular weight excluding hydrogens is 232 g/mol. The molecule has 1 heteroatoms.